The smallest absolute Gasteiger partial charge is 0.292 e. The summed E-state index contributed by atoms with van der Waals surface area (Å²) in [7, 11) is 0. The Morgan fingerprint density at radius 2 is 1.90 bits per heavy atom. The molecular weight excluding hydrogens is 392 g/mol. The predicted octanol–water partition coefficient (Wildman–Crippen LogP) is 2.54. The number of para-hydroxylation sites is 1. The van der Waals surface area contributed by atoms with Crippen molar-refractivity contribution in [2.24, 2.45) is 0 Å². The maximum absolute atomic E-state index is 12.7. The van der Waals surface area contributed by atoms with E-state index < -0.39 is 0 Å². The van der Waals surface area contributed by atoms with Crippen LogP contribution in [0.5, 0.6) is 0 Å². The summed E-state index contributed by atoms with van der Waals surface area (Å²) in [6.07, 6.45) is 3.49. The van der Waals surface area contributed by atoms with Gasteiger partial charge in [-0.15, -0.1) is 0 Å². The lowest BCUT2D eigenvalue weighted by Crippen LogP contribution is -2.46. The summed E-state index contributed by atoms with van der Waals surface area (Å²) in [5.74, 6) is 1.41. The van der Waals surface area contributed by atoms with Gasteiger partial charge in [0.15, 0.2) is 5.82 Å². The standard InChI is InChI=1S/C20H23ClN6O2/c1-2-6-17-23-18(29-24-17)14-25-9-11-26(12-10-25)16-13-22-27(20(28)19(16)21)15-7-4-3-5-8-15/h3-5,7-8,13H,2,6,9-12,14H2,1H3. The highest BCUT2D eigenvalue weighted by atomic mass is 35.5. The third kappa shape index (κ3) is 4.33. The molecule has 3 heterocycles. The third-order valence-corrected chi connectivity index (χ3v) is 5.31. The van der Waals surface area contributed by atoms with Crippen LogP contribution in [0.15, 0.2) is 45.8 Å². The van der Waals surface area contributed by atoms with Crippen molar-refractivity contribution < 1.29 is 4.52 Å². The molecule has 0 saturated carbocycles. The normalized spacial score (nSPS) is 15.0. The second-order valence-corrected chi connectivity index (χ2v) is 7.39. The fourth-order valence-electron chi connectivity index (χ4n) is 3.42. The first-order chi connectivity index (χ1) is 14.2. The molecule has 0 N–H and O–H groups in total. The fourth-order valence-corrected chi connectivity index (χ4v) is 3.66. The van der Waals surface area contributed by atoms with Crippen LogP contribution in [0.2, 0.25) is 5.02 Å². The number of hydrogen-bond acceptors (Lipinski definition) is 7. The van der Waals surface area contributed by atoms with Crippen LogP contribution in [0, 0.1) is 0 Å². The molecule has 4 rings (SSSR count). The summed E-state index contributed by atoms with van der Waals surface area (Å²) in [6.45, 7) is 5.82. The maximum atomic E-state index is 12.7. The average molecular weight is 415 g/mol. The Labute approximate surface area is 173 Å². The van der Waals surface area contributed by atoms with Crippen molar-refractivity contribution in [3.8, 4) is 5.69 Å². The van der Waals surface area contributed by atoms with E-state index >= 15 is 0 Å². The Bertz CT molecular complexity index is 1010. The fraction of sp³-hybridized carbons (Fsp3) is 0.400. The van der Waals surface area contributed by atoms with Crippen LogP contribution in [0.3, 0.4) is 0 Å². The summed E-state index contributed by atoms with van der Waals surface area (Å²) < 4.78 is 6.65. The summed E-state index contributed by atoms with van der Waals surface area (Å²) in [4.78, 5) is 21.5. The maximum Gasteiger partial charge on any atom is 0.292 e. The van der Waals surface area contributed by atoms with E-state index in [1.807, 2.05) is 30.3 Å². The molecule has 9 heteroatoms. The van der Waals surface area contributed by atoms with E-state index in [0.717, 1.165) is 44.8 Å². The summed E-state index contributed by atoms with van der Waals surface area (Å²) in [5, 5.41) is 8.52. The zero-order chi connectivity index (χ0) is 20.2. The summed E-state index contributed by atoms with van der Waals surface area (Å²) in [6, 6.07) is 9.26. The highest BCUT2D eigenvalue weighted by Gasteiger charge is 2.23. The van der Waals surface area contributed by atoms with Crippen molar-refractivity contribution in [2.45, 2.75) is 26.3 Å². The zero-order valence-corrected chi connectivity index (χ0v) is 17.0. The molecule has 0 radical (unpaired) electrons. The van der Waals surface area contributed by atoms with Crippen LogP contribution in [-0.4, -0.2) is 51.0 Å². The molecule has 3 aromatic rings. The van der Waals surface area contributed by atoms with E-state index in [2.05, 4.69) is 32.0 Å². The average Bonchev–Trinajstić information content (AvgIpc) is 3.18. The van der Waals surface area contributed by atoms with Gasteiger partial charge in [0.2, 0.25) is 5.89 Å². The van der Waals surface area contributed by atoms with Gasteiger partial charge in [0.25, 0.3) is 5.56 Å². The van der Waals surface area contributed by atoms with E-state index in [1.54, 1.807) is 6.20 Å². The number of aryl methyl sites for hydroxylation is 1. The van der Waals surface area contributed by atoms with Crippen LogP contribution in [0.1, 0.15) is 25.1 Å². The lowest BCUT2D eigenvalue weighted by molar-refractivity contribution is 0.215. The Morgan fingerprint density at radius 3 is 2.62 bits per heavy atom. The molecule has 8 nitrogen and oxygen atoms in total. The number of hydrogen-bond donors (Lipinski definition) is 0. The van der Waals surface area contributed by atoms with Gasteiger partial charge in [-0.25, -0.2) is 0 Å². The number of benzene rings is 1. The molecule has 1 aliphatic rings. The van der Waals surface area contributed by atoms with Crippen LogP contribution in [-0.2, 0) is 13.0 Å². The van der Waals surface area contributed by atoms with Crippen molar-refractivity contribution in [1.29, 1.82) is 0 Å². The molecule has 1 saturated heterocycles. The van der Waals surface area contributed by atoms with Crippen molar-refractivity contribution in [3.05, 3.63) is 63.6 Å². The lowest BCUT2D eigenvalue weighted by atomic mass is 10.2. The van der Waals surface area contributed by atoms with Gasteiger partial charge in [-0.05, 0) is 18.6 Å². The van der Waals surface area contributed by atoms with Crippen LogP contribution in [0.25, 0.3) is 5.69 Å². The molecule has 1 aromatic carbocycles. The molecule has 0 spiro atoms. The zero-order valence-electron chi connectivity index (χ0n) is 16.3. The molecule has 2 aromatic heterocycles. The molecule has 152 valence electrons. The molecule has 0 aliphatic carbocycles. The molecular formula is C20H23ClN6O2. The molecule has 0 unspecified atom stereocenters. The van der Waals surface area contributed by atoms with Crippen molar-refractivity contribution in [3.63, 3.8) is 0 Å². The van der Waals surface area contributed by atoms with Gasteiger partial charge in [0.05, 0.1) is 24.1 Å². The van der Waals surface area contributed by atoms with Crippen LogP contribution >= 0.6 is 11.6 Å². The molecule has 0 bridgehead atoms. The van der Waals surface area contributed by atoms with E-state index in [4.69, 9.17) is 16.1 Å². The van der Waals surface area contributed by atoms with Gasteiger partial charge in [-0.1, -0.05) is 41.9 Å². The number of aromatic nitrogens is 4. The first-order valence-corrected chi connectivity index (χ1v) is 10.2. The van der Waals surface area contributed by atoms with E-state index in [-0.39, 0.29) is 10.6 Å². The monoisotopic (exact) mass is 414 g/mol. The Hall–Kier alpha value is -2.71. The third-order valence-electron chi connectivity index (χ3n) is 4.96. The molecule has 29 heavy (non-hydrogen) atoms. The largest absolute Gasteiger partial charge is 0.366 e. The highest BCUT2D eigenvalue weighted by molar-refractivity contribution is 6.33. The molecule has 0 amide bonds. The van der Waals surface area contributed by atoms with Crippen LogP contribution < -0.4 is 10.5 Å². The number of nitrogens with zero attached hydrogens (tertiary/aromatic N) is 6. The minimum atomic E-state index is -0.313. The second-order valence-electron chi connectivity index (χ2n) is 7.01. The van der Waals surface area contributed by atoms with Gasteiger partial charge in [0, 0.05) is 32.6 Å². The minimum Gasteiger partial charge on any atom is -0.366 e. The van der Waals surface area contributed by atoms with Gasteiger partial charge in [-0.2, -0.15) is 14.8 Å². The predicted molar refractivity (Wildman–Crippen MR) is 111 cm³/mol. The lowest BCUT2D eigenvalue weighted by Gasteiger charge is -2.35. The van der Waals surface area contributed by atoms with E-state index in [0.29, 0.717) is 23.8 Å². The number of rotatable bonds is 6. The quantitative estimate of drug-likeness (QED) is 0.613. The molecule has 0 atom stereocenters. The number of piperazine rings is 1. The summed E-state index contributed by atoms with van der Waals surface area (Å²) >= 11 is 6.42. The summed E-state index contributed by atoms with van der Waals surface area (Å²) in [5.41, 5.74) is 1.05. The Kier molecular flexibility index (Phi) is 5.92. The van der Waals surface area contributed by atoms with Gasteiger partial charge >= 0.3 is 0 Å². The first kappa shape index (κ1) is 19.6. The number of halogens is 1. The Morgan fingerprint density at radius 1 is 1.14 bits per heavy atom. The minimum absolute atomic E-state index is 0.193. The molecule has 1 aliphatic heterocycles. The van der Waals surface area contributed by atoms with Gasteiger partial charge < -0.3 is 9.42 Å². The van der Waals surface area contributed by atoms with Crippen molar-refractivity contribution in [2.75, 3.05) is 31.1 Å². The highest BCUT2D eigenvalue weighted by Crippen LogP contribution is 2.23. The van der Waals surface area contributed by atoms with Crippen molar-refractivity contribution in [1.82, 2.24) is 24.8 Å². The van der Waals surface area contributed by atoms with Gasteiger partial charge in [0.1, 0.15) is 5.02 Å². The Balaban J connectivity index is 1.42. The molecule has 1 fully saturated rings. The number of anilines is 1. The topological polar surface area (TPSA) is 80.3 Å². The SMILES string of the molecule is CCCc1noc(CN2CCN(c3cnn(-c4ccccc4)c(=O)c3Cl)CC2)n1. The van der Waals surface area contributed by atoms with E-state index in [1.165, 1.54) is 4.68 Å². The van der Waals surface area contributed by atoms with E-state index in [9.17, 15) is 4.79 Å². The second kappa shape index (κ2) is 8.75. The van der Waals surface area contributed by atoms with Gasteiger partial charge in [-0.3, -0.25) is 9.69 Å². The van der Waals surface area contributed by atoms with Crippen molar-refractivity contribution >= 4 is 17.3 Å². The first-order valence-electron chi connectivity index (χ1n) is 9.77. The van der Waals surface area contributed by atoms with Crippen LogP contribution in [0.4, 0.5) is 5.69 Å².